The molecule has 0 N–H and O–H groups in total. The smallest absolute Gasteiger partial charge is 0.372 e. The van der Waals surface area contributed by atoms with E-state index in [2.05, 4.69) is 14.8 Å². The molecule has 0 unspecified atom stereocenters. The maximum Gasteiger partial charge on any atom is 0.416 e. The van der Waals surface area contributed by atoms with Crippen LogP contribution in [0, 0.1) is 12.7 Å². The molecular weight excluding hydrogens is 549 g/mol. The molecule has 4 rings (SSSR count). The molecule has 0 radical (unpaired) electrons. The maximum atomic E-state index is 14.0. The molecule has 2 aromatic carbocycles. The van der Waals surface area contributed by atoms with Crippen LogP contribution in [-0.4, -0.2) is 56.7 Å². The second-order valence-electron chi connectivity index (χ2n) is 11.3. The Kier molecular flexibility index (Phi) is 8.33. The van der Waals surface area contributed by atoms with Crippen LogP contribution in [0.4, 0.5) is 42.2 Å². The Bertz CT molecular complexity index is 1360. The predicted octanol–water partition coefficient (Wildman–Crippen LogP) is 7.40. The van der Waals surface area contributed by atoms with E-state index in [0.29, 0.717) is 11.3 Å². The molecule has 222 valence electrons. The van der Waals surface area contributed by atoms with Crippen LogP contribution in [0.3, 0.4) is 0 Å². The summed E-state index contributed by atoms with van der Waals surface area (Å²) >= 11 is 0. The second kappa shape index (κ2) is 11.2. The largest absolute Gasteiger partial charge is 0.416 e. The molecule has 0 atom stereocenters. The van der Waals surface area contributed by atoms with Crippen molar-refractivity contribution in [1.82, 2.24) is 9.88 Å². The Balaban J connectivity index is 1.75. The molecule has 0 bridgehead atoms. The maximum absolute atomic E-state index is 14.0. The summed E-state index contributed by atoms with van der Waals surface area (Å²) in [6.07, 6.45) is -8.21. The third-order valence-corrected chi connectivity index (χ3v) is 7.59. The van der Waals surface area contributed by atoms with Gasteiger partial charge in [-0.3, -0.25) is 0 Å². The van der Waals surface area contributed by atoms with Crippen LogP contribution in [-0.2, 0) is 17.8 Å². The molecule has 1 aliphatic heterocycles. The molecular formula is C30H33F7N4. The molecule has 41 heavy (non-hydrogen) atoms. The van der Waals surface area contributed by atoms with E-state index in [0.717, 1.165) is 55.3 Å². The van der Waals surface area contributed by atoms with E-state index in [-0.39, 0.29) is 24.0 Å². The number of likely N-dealkylation sites (N-methyl/N-ethyl adjacent to an activating group) is 2. The summed E-state index contributed by atoms with van der Waals surface area (Å²) < 4.78 is 95.3. The van der Waals surface area contributed by atoms with Crippen LogP contribution >= 0.6 is 0 Å². The van der Waals surface area contributed by atoms with E-state index >= 15 is 0 Å². The molecule has 4 nitrogen and oxygen atoms in total. The average Bonchev–Trinajstić information content (AvgIpc) is 2.87. The van der Waals surface area contributed by atoms with Crippen LogP contribution in [0.2, 0.25) is 0 Å². The zero-order chi connectivity index (χ0) is 30.3. The van der Waals surface area contributed by atoms with Crippen molar-refractivity contribution in [3.05, 3.63) is 76.7 Å². The minimum absolute atomic E-state index is 0.0778. The third-order valence-electron chi connectivity index (χ3n) is 7.59. The van der Waals surface area contributed by atoms with Gasteiger partial charge in [-0.15, -0.1) is 0 Å². The molecule has 3 aromatic rings. The zero-order valence-electron chi connectivity index (χ0n) is 23.6. The fourth-order valence-electron chi connectivity index (χ4n) is 5.21. The summed E-state index contributed by atoms with van der Waals surface area (Å²) in [6, 6.07) is 8.05. The Morgan fingerprint density at radius 1 is 0.805 bits per heavy atom. The number of hydrogen-bond acceptors (Lipinski definition) is 4. The van der Waals surface area contributed by atoms with E-state index in [1.165, 1.54) is 12.1 Å². The molecule has 0 saturated carbocycles. The van der Waals surface area contributed by atoms with Gasteiger partial charge in [0, 0.05) is 50.7 Å². The summed E-state index contributed by atoms with van der Waals surface area (Å²) in [5.74, 6) is 0.349. The minimum atomic E-state index is -4.94. The van der Waals surface area contributed by atoms with Gasteiger partial charge in [0.1, 0.15) is 11.6 Å². The van der Waals surface area contributed by atoms with Crippen LogP contribution in [0.1, 0.15) is 36.1 Å². The van der Waals surface area contributed by atoms with Crippen molar-refractivity contribution in [3.8, 4) is 11.1 Å². The van der Waals surface area contributed by atoms with Gasteiger partial charge < -0.3 is 14.7 Å². The van der Waals surface area contributed by atoms with Gasteiger partial charge in [0.05, 0.1) is 23.0 Å². The predicted molar refractivity (Wildman–Crippen MR) is 147 cm³/mol. The van der Waals surface area contributed by atoms with Gasteiger partial charge in [0.15, 0.2) is 0 Å². The van der Waals surface area contributed by atoms with Gasteiger partial charge in [-0.25, -0.2) is 9.37 Å². The standard InChI is InChI=1S/C30H33F7N4/c1-19-12-23(31)6-7-24(19)25-16-27(41-10-8-39(4)9-11-41)38-17-26(25)40(5)18-28(2,3)20-13-21(29(32,33)34)15-22(14-20)30(35,36)37/h6-7,12-17H,8-11,18H2,1-5H3. The molecule has 1 saturated heterocycles. The van der Waals surface area contributed by atoms with Gasteiger partial charge in [-0.05, 0) is 67.1 Å². The first-order chi connectivity index (χ1) is 19.0. The first-order valence-electron chi connectivity index (χ1n) is 13.2. The summed E-state index contributed by atoms with van der Waals surface area (Å²) in [7, 11) is 3.76. The van der Waals surface area contributed by atoms with Crippen molar-refractivity contribution < 1.29 is 30.7 Å². The lowest BCUT2D eigenvalue weighted by Gasteiger charge is -2.35. The van der Waals surface area contributed by atoms with E-state index < -0.39 is 28.9 Å². The van der Waals surface area contributed by atoms with E-state index in [9.17, 15) is 30.7 Å². The van der Waals surface area contributed by atoms with Gasteiger partial charge >= 0.3 is 12.4 Å². The van der Waals surface area contributed by atoms with Crippen molar-refractivity contribution in [3.63, 3.8) is 0 Å². The number of pyridine rings is 1. The highest BCUT2D eigenvalue weighted by Crippen LogP contribution is 2.41. The average molecular weight is 583 g/mol. The molecule has 1 aromatic heterocycles. The SMILES string of the molecule is Cc1cc(F)ccc1-c1cc(N2CCN(C)CC2)ncc1N(C)CC(C)(C)c1cc(C(F)(F)F)cc(C(F)(F)F)c1. The Hall–Kier alpha value is -3.34. The monoisotopic (exact) mass is 582 g/mol. The number of aromatic nitrogens is 1. The number of anilines is 2. The van der Waals surface area contributed by atoms with Crippen LogP contribution < -0.4 is 9.80 Å². The topological polar surface area (TPSA) is 22.6 Å². The highest BCUT2D eigenvalue weighted by Gasteiger charge is 2.39. The van der Waals surface area contributed by atoms with Crippen molar-refractivity contribution >= 4 is 11.5 Å². The van der Waals surface area contributed by atoms with Gasteiger partial charge in [-0.1, -0.05) is 19.9 Å². The molecule has 0 aliphatic carbocycles. The number of aryl methyl sites for hydroxylation is 1. The lowest BCUT2D eigenvalue weighted by atomic mass is 9.82. The molecule has 2 heterocycles. The highest BCUT2D eigenvalue weighted by molar-refractivity contribution is 5.82. The van der Waals surface area contributed by atoms with Gasteiger partial charge in [0.25, 0.3) is 0 Å². The summed E-state index contributed by atoms with van der Waals surface area (Å²) in [5, 5.41) is 0. The van der Waals surface area contributed by atoms with Crippen LogP contribution in [0.15, 0.2) is 48.7 Å². The first-order valence-corrected chi connectivity index (χ1v) is 13.2. The first kappa shape index (κ1) is 30.6. The minimum Gasteiger partial charge on any atom is -0.372 e. The quantitative estimate of drug-likeness (QED) is 0.283. The molecule has 0 spiro atoms. The molecule has 11 heteroatoms. The van der Waals surface area contributed by atoms with Crippen molar-refractivity contribution in [2.24, 2.45) is 0 Å². The van der Waals surface area contributed by atoms with Crippen molar-refractivity contribution in [2.75, 3.05) is 56.6 Å². The number of hydrogen-bond donors (Lipinski definition) is 0. The van der Waals surface area contributed by atoms with Crippen molar-refractivity contribution in [1.29, 1.82) is 0 Å². The zero-order valence-corrected chi connectivity index (χ0v) is 23.6. The molecule has 1 aliphatic rings. The summed E-state index contributed by atoms with van der Waals surface area (Å²) in [4.78, 5) is 10.8. The number of nitrogens with zero attached hydrogens (tertiary/aromatic N) is 4. The van der Waals surface area contributed by atoms with E-state index in [1.807, 2.05) is 13.1 Å². The normalized spacial score (nSPS) is 15.4. The van der Waals surface area contributed by atoms with E-state index in [1.54, 1.807) is 45.0 Å². The highest BCUT2D eigenvalue weighted by atomic mass is 19.4. The number of alkyl halides is 6. The van der Waals surface area contributed by atoms with Crippen LogP contribution in [0.25, 0.3) is 11.1 Å². The lowest BCUT2D eigenvalue weighted by molar-refractivity contribution is -0.143. The van der Waals surface area contributed by atoms with Crippen LogP contribution in [0.5, 0.6) is 0 Å². The summed E-state index contributed by atoms with van der Waals surface area (Å²) in [5.41, 5.74) is -1.12. The second-order valence-corrected chi connectivity index (χ2v) is 11.3. The number of rotatable bonds is 6. The van der Waals surface area contributed by atoms with E-state index in [4.69, 9.17) is 0 Å². The molecule has 0 amide bonds. The van der Waals surface area contributed by atoms with Gasteiger partial charge in [-0.2, -0.15) is 26.3 Å². The van der Waals surface area contributed by atoms with Gasteiger partial charge in [0.2, 0.25) is 0 Å². The number of piperazine rings is 1. The number of halogens is 7. The molecule has 1 fully saturated rings. The number of benzene rings is 2. The fourth-order valence-corrected chi connectivity index (χ4v) is 5.21. The Morgan fingerprint density at radius 3 is 1.90 bits per heavy atom. The Morgan fingerprint density at radius 2 is 1.37 bits per heavy atom. The summed E-state index contributed by atoms with van der Waals surface area (Å²) in [6.45, 7) is 8.33. The van der Waals surface area contributed by atoms with Crippen molar-refractivity contribution in [2.45, 2.75) is 38.5 Å². The lowest BCUT2D eigenvalue weighted by Crippen LogP contribution is -2.44. The fraction of sp³-hybridized carbons (Fsp3) is 0.433. The Labute approximate surface area is 235 Å². The third kappa shape index (κ3) is 6.94.